The van der Waals surface area contributed by atoms with Crippen LogP contribution in [0.15, 0.2) is 54.6 Å². The SMILES string of the molecule is CCN1CCc2nc(NC(=O)c3cc(-c4ccc(F)cc4)nc4ccccc34)sc2C1. The number of amides is 1. The van der Waals surface area contributed by atoms with E-state index in [-0.39, 0.29) is 11.7 Å². The fraction of sp³-hybridized carbons (Fsp3) is 0.208. The van der Waals surface area contributed by atoms with Gasteiger partial charge in [0.1, 0.15) is 5.82 Å². The van der Waals surface area contributed by atoms with Gasteiger partial charge in [-0.15, -0.1) is 11.3 Å². The lowest BCUT2D eigenvalue weighted by Gasteiger charge is -2.23. The zero-order chi connectivity index (χ0) is 21.4. The molecule has 0 aliphatic carbocycles. The molecule has 156 valence electrons. The van der Waals surface area contributed by atoms with Gasteiger partial charge in [-0.1, -0.05) is 25.1 Å². The van der Waals surface area contributed by atoms with Crippen molar-refractivity contribution in [3.8, 4) is 11.3 Å². The summed E-state index contributed by atoms with van der Waals surface area (Å²) in [4.78, 5) is 26.2. The quantitative estimate of drug-likeness (QED) is 0.486. The lowest BCUT2D eigenvalue weighted by molar-refractivity contribution is 0.102. The number of rotatable bonds is 4. The number of carbonyl (C=O) groups is 1. The van der Waals surface area contributed by atoms with E-state index in [2.05, 4.69) is 27.1 Å². The Hall–Kier alpha value is -3.16. The van der Waals surface area contributed by atoms with Gasteiger partial charge in [-0.2, -0.15) is 0 Å². The summed E-state index contributed by atoms with van der Waals surface area (Å²) in [5, 5.41) is 4.38. The van der Waals surface area contributed by atoms with Crippen molar-refractivity contribution in [3.63, 3.8) is 0 Å². The highest BCUT2D eigenvalue weighted by Crippen LogP contribution is 2.30. The van der Waals surface area contributed by atoms with Gasteiger partial charge in [0.15, 0.2) is 5.13 Å². The molecule has 1 aliphatic rings. The fourth-order valence-electron chi connectivity index (χ4n) is 3.87. The normalized spacial score (nSPS) is 13.9. The number of anilines is 1. The van der Waals surface area contributed by atoms with Gasteiger partial charge < -0.3 is 0 Å². The number of nitrogens with one attached hydrogen (secondary N) is 1. The Morgan fingerprint density at radius 3 is 2.77 bits per heavy atom. The van der Waals surface area contributed by atoms with Gasteiger partial charge in [-0.05, 0) is 42.9 Å². The summed E-state index contributed by atoms with van der Waals surface area (Å²) < 4.78 is 13.4. The molecule has 0 fully saturated rings. The van der Waals surface area contributed by atoms with Crippen molar-refractivity contribution in [2.24, 2.45) is 0 Å². The van der Waals surface area contributed by atoms with Crippen LogP contribution in [0.2, 0.25) is 0 Å². The first-order valence-electron chi connectivity index (χ1n) is 10.3. The molecule has 0 atom stereocenters. The Morgan fingerprint density at radius 1 is 1.16 bits per heavy atom. The number of hydrogen-bond donors (Lipinski definition) is 1. The predicted octanol–water partition coefficient (Wildman–Crippen LogP) is 5.13. The molecule has 0 bridgehead atoms. The second-order valence-corrected chi connectivity index (χ2v) is 8.62. The average molecular weight is 433 g/mol. The van der Waals surface area contributed by atoms with Crippen LogP contribution in [0.4, 0.5) is 9.52 Å². The highest BCUT2D eigenvalue weighted by Gasteiger charge is 2.21. The minimum atomic E-state index is -0.308. The van der Waals surface area contributed by atoms with Gasteiger partial charge >= 0.3 is 0 Å². The number of nitrogens with zero attached hydrogens (tertiary/aromatic N) is 3. The van der Waals surface area contributed by atoms with Crippen LogP contribution in [0.3, 0.4) is 0 Å². The predicted molar refractivity (Wildman–Crippen MR) is 122 cm³/mol. The average Bonchev–Trinajstić information content (AvgIpc) is 3.20. The maximum Gasteiger partial charge on any atom is 0.258 e. The van der Waals surface area contributed by atoms with Crippen LogP contribution in [0, 0.1) is 5.82 Å². The minimum absolute atomic E-state index is 0.222. The van der Waals surface area contributed by atoms with Gasteiger partial charge in [-0.25, -0.2) is 14.4 Å². The Bertz CT molecular complexity index is 1270. The maximum absolute atomic E-state index is 13.4. The van der Waals surface area contributed by atoms with Crippen molar-refractivity contribution in [1.29, 1.82) is 0 Å². The van der Waals surface area contributed by atoms with E-state index >= 15 is 0 Å². The van der Waals surface area contributed by atoms with Crippen molar-refractivity contribution >= 4 is 33.3 Å². The van der Waals surface area contributed by atoms with Gasteiger partial charge in [0.2, 0.25) is 0 Å². The third kappa shape index (κ3) is 3.94. The molecule has 0 radical (unpaired) electrons. The van der Waals surface area contributed by atoms with Crippen LogP contribution >= 0.6 is 11.3 Å². The number of hydrogen-bond acceptors (Lipinski definition) is 5. The van der Waals surface area contributed by atoms with E-state index in [0.717, 1.165) is 42.7 Å². The van der Waals surface area contributed by atoms with Crippen LogP contribution in [0.5, 0.6) is 0 Å². The fourth-order valence-corrected chi connectivity index (χ4v) is 4.91. The zero-order valence-corrected chi connectivity index (χ0v) is 17.9. The summed E-state index contributed by atoms with van der Waals surface area (Å²) in [6.07, 6.45) is 0.905. The van der Waals surface area contributed by atoms with E-state index in [9.17, 15) is 9.18 Å². The number of thiazole rings is 1. The molecule has 7 heteroatoms. The second-order valence-electron chi connectivity index (χ2n) is 7.54. The lowest BCUT2D eigenvalue weighted by Crippen LogP contribution is -2.29. The standard InChI is InChI=1S/C24H21FN4OS/c1-2-29-12-11-20-22(14-29)31-24(27-20)28-23(30)18-13-21(15-7-9-16(25)10-8-15)26-19-6-4-3-5-17(18)19/h3-10,13H,2,11-12,14H2,1H3,(H,27,28,30). The Morgan fingerprint density at radius 2 is 1.97 bits per heavy atom. The first-order valence-corrected chi connectivity index (χ1v) is 11.1. The molecule has 1 aliphatic heterocycles. The van der Waals surface area contributed by atoms with Crippen LogP contribution in [0.1, 0.15) is 27.9 Å². The second kappa shape index (κ2) is 8.17. The van der Waals surface area contributed by atoms with Crippen molar-refractivity contribution in [1.82, 2.24) is 14.9 Å². The maximum atomic E-state index is 13.4. The Balaban J connectivity index is 1.50. The number of halogens is 1. The van der Waals surface area contributed by atoms with E-state index in [4.69, 9.17) is 0 Å². The third-order valence-corrected chi connectivity index (χ3v) is 6.58. The number of aromatic nitrogens is 2. The molecule has 2 aromatic carbocycles. The zero-order valence-electron chi connectivity index (χ0n) is 17.1. The monoisotopic (exact) mass is 432 g/mol. The molecule has 5 nitrogen and oxygen atoms in total. The van der Waals surface area contributed by atoms with E-state index in [0.29, 0.717) is 21.9 Å². The van der Waals surface area contributed by atoms with Crippen molar-refractivity contribution in [2.75, 3.05) is 18.4 Å². The van der Waals surface area contributed by atoms with Gasteiger partial charge in [0.25, 0.3) is 5.91 Å². The number of pyridine rings is 1. The molecule has 0 saturated heterocycles. The Labute approximate surface area is 183 Å². The van der Waals surface area contributed by atoms with Crippen LogP contribution in [-0.2, 0) is 13.0 Å². The minimum Gasteiger partial charge on any atom is -0.298 e. The molecule has 1 N–H and O–H groups in total. The molecule has 5 rings (SSSR count). The summed E-state index contributed by atoms with van der Waals surface area (Å²) in [5.41, 5.74) is 3.70. The molecular formula is C24H21FN4OS. The largest absolute Gasteiger partial charge is 0.298 e. The number of likely N-dealkylation sites (N-methyl/N-ethyl adjacent to an activating group) is 1. The van der Waals surface area contributed by atoms with Crippen LogP contribution in [-0.4, -0.2) is 33.9 Å². The highest BCUT2D eigenvalue weighted by atomic mass is 32.1. The molecule has 2 aromatic heterocycles. The van der Waals surface area contributed by atoms with E-state index in [1.165, 1.54) is 17.0 Å². The summed E-state index contributed by atoms with van der Waals surface area (Å²) in [6, 6.07) is 15.4. The third-order valence-electron chi connectivity index (χ3n) is 5.58. The molecule has 3 heterocycles. The molecule has 31 heavy (non-hydrogen) atoms. The first-order chi connectivity index (χ1) is 15.1. The molecular weight excluding hydrogens is 411 g/mol. The molecule has 4 aromatic rings. The van der Waals surface area contributed by atoms with Crippen molar-refractivity contribution < 1.29 is 9.18 Å². The summed E-state index contributed by atoms with van der Waals surface area (Å²) >= 11 is 1.54. The van der Waals surface area contributed by atoms with E-state index < -0.39 is 0 Å². The summed E-state index contributed by atoms with van der Waals surface area (Å²) in [6.45, 7) is 5.04. The molecule has 1 amide bonds. The lowest BCUT2D eigenvalue weighted by atomic mass is 10.0. The smallest absolute Gasteiger partial charge is 0.258 e. The highest BCUT2D eigenvalue weighted by molar-refractivity contribution is 7.15. The molecule has 0 unspecified atom stereocenters. The number of benzene rings is 2. The summed E-state index contributed by atoms with van der Waals surface area (Å²) in [7, 11) is 0. The van der Waals surface area contributed by atoms with Crippen LogP contribution in [0.25, 0.3) is 22.2 Å². The molecule has 0 spiro atoms. The van der Waals surface area contributed by atoms with Gasteiger partial charge in [0, 0.05) is 35.3 Å². The number of para-hydroxylation sites is 1. The van der Waals surface area contributed by atoms with Crippen molar-refractivity contribution in [2.45, 2.75) is 19.9 Å². The number of carbonyl (C=O) groups excluding carboxylic acids is 1. The topological polar surface area (TPSA) is 58.1 Å². The van der Waals surface area contributed by atoms with E-state index in [1.807, 2.05) is 24.3 Å². The molecule has 0 saturated carbocycles. The van der Waals surface area contributed by atoms with Crippen molar-refractivity contribution in [3.05, 3.63) is 76.5 Å². The van der Waals surface area contributed by atoms with E-state index in [1.54, 1.807) is 29.5 Å². The summed E-state index contributed by atoms with van der Waals surface area (Å²) in [5.74, 6) is -0.530. The van der Waals surface area contributed by atoms with Gasteiger partial charge in [-0.3, -0.25) is 15.0 Å². The van der Waals surface area contributed by atoms with Gasteiger partial charge in [0.05, 0.1) is 22.5 Å². The van der Waals surface area contributed by atoms with Crippen LogP contribution < -0.4 is 5.32 Å². The number of fused-ring (bicyclic) bond motifs is 2. The first kappa shape index (κ1) is 19.8. The Kier molecular flexibility index (Phi) is 5.21.